The van der Waals surface area contributed by atoms with Gasteiger partial charge < -0.3 is 0 Å². The topological polar surface area (TPSA) is 0 Å². The lowest BCUT2D eigenvalue weighted by Gasteiger charge is -2.15. The van der Waals surface area contributed by atoms with Crippen molar-refractivity contribution in [2.75, 3.05) is 0 Å². The van der Waals surface area contributed by atoms with Crippen LogP contribution in [0.25, 0.3) is 0 Å². The number of rotatable bonds is 1. The summed E-state index contributed by atoms with van der Waals surface area (Å²) < 4.78 is 0. The molecule has 1 aliphatic carbocycles. The monoisotopic (exact) mass is 122 g/mol. The summed E-state index contributed by atoms with van der Waals surface area (Å²) >= 11 is 0. The third-order valence-corrected chi connectivity index (χ3v) is 1.91. The van der Waals surface area contributed by atoms with Crippen LogP contribution in [0.2, 0.25) is 0 Å². The Kier molecular flexibility index (Phi) is 2.10. The summed E-state index contributed by atoms with van der Waals surface area (Å²) in [6.07, 6.45) is 8.13. The van der Waals surface area contributed by atoms with Crippen molar-refractivity contribution in [2.45, 2.75) is 26.2 Å². The first kappa shape index (κ1) is 6.60. The van der Waals surface area contributed by atoms with Gasteiger partial charge in [-0.2, -0.15) is 0 Å². The summed E-state index contributed by atoms with van der Waals surface area (Å²) in [6.45, 7) is 6.05. The highest BCUT2D eigenvalue weighted by Crippen LogP contribution is 2.23. The second kappa shape index (κ2) is 2.86. The van der Waals surface area contributed by atoms with Crippen LogP contribution in [0, 0.1) is 5.92 Å². The number of allylic oxidation sites excluding steroid dienone is 3. The molecule has 0 N–H and O–H groups in total. The molecule has 0 aromatic heterocycles. The third-order valence-electron chi connectivity index (χ3n) is 1.91. The van der Waals surface area contributed by atoms with Crippen LogP contribution < -0.4 is 0 Å². The molecule has 0 fully saturated rings. The minimum absolute atomic E-state index is 0.878. The summed E-state index contributed by atoms with van der Waals surface area (Å²) in [5.41, 5.74) is 1.44. The Morgan fingerprint density at radius 3 is 3.00 bits per heavy atom. The fourth-order valence-electron chi connectivity index (χ4n) is 1.31. The fraction of sp³-hybridized carbons (Fsp3) is 0.556. The predicted molar refractivity (Wildman–Crippen MR) is 41.3 cm³/mol. The van der Waals surface area contributed by atoms with Crippen molar-refractivity contribution < 1.29 is 0 Å². The van der Waals surface area contributed by atoms with Crippen LogP contribution in [-0.4, -0.2) is 0 Å². The fourth-order valence-corrected chi connectivity index (χ4v) is 1.31. The number of hydrogen-bond donors (Lipinski definition) is 0. The molecule has 0 amide bonds. The maximum absolute atomic E-state index is 3.75. The first-order chi connectivity index (χ1) is 4.33. The lowest BCUT2D eigenvalue weighted by molar-refractivity contribution is 0.516. The Hall–Kier alpha value is -0.520. The molecule has 1 atom stereocenters. The maximum atomic E-state index is 3.75. The van der Waals surface area contributed by atoms with Crippen molar-refractivity contribution in [3.8, 4) is 0 Å². The Balaban J connectivity index is 2.53. The van der Waals surface area contributed by atoms with Crippen LogP contribution in [0.4, 0.5) is 0 Å². The largest absolute Gasteiger partial charge is 0.0988 e. The molecule has 9 heavy (non-hydrogen) atoms. The summed E-state index contributed by atoms with van der Waals surface area (Å²) in [6, 6.07) is 0. The van der Waals surface area contributed by atoms with Gasteiger partial charge in [0.1, 0.15) is 0 Å². The summed E-state index contributed by atoms with van der Waals surface area (Å²) in [7, 11) is 0. The quantitative estimate of drug-likeness (QED) is 0.501. The standard InChI is InChI=1S/C9H14/c1-3-9-6-4-5-8(2)7-9/h3,6,8H,1,4-5,7H2,2H3. The second-order valence-electron chi connectivity index (χ2n) is 2.87. The van der Waals surface area contributed by atoms with Gasteiger partial charge in [0, 0.05) is 0 Å². The minimum Gasteiger partial charge on any atom is -0.0988 e. The summed E-state index contributed by atoms with van der Waals surface area (Å²) in [5, 5.41) is 0. The molecule has 1 rings (SSSR count). The molecule has 0 aliphatic heterocycles. The van der Waals surface area contributed by atoms with Gasteiger partial charge in [0.25, 0.3) is 0 Å². The van der Waals surface area contributed by atoms with E-state index in [4.69, 9.17) is 0 Å². The summed E-state index contributed by atoms with van der Waals surface area (Å²) in [4.78, 5) is 0. The van der Waals surface area contributed by atoms with Gasteiger partial charge in [-0.15, -0.1) is 0 Å². The number of hydrogen-bond acceptors (Lipinski definition) is 0. The summed E-state index contributed by atoms with van der Waals surface area (Å²) in [5.74, 6) is 0.878. The van der Waals surface area contributed by atoms with Crippen molar-refractivity contribution >= 4 is 0 Å². The zero-order chi connectivity index (χ0) is 6.69. The zero-order valence-electron chi connectivity index (χ0n) is 6.06. The van der Waals surface area contributed by atoms with Crippen molar-refractivity contribution in [3.05, 3.63) is 24.3 Å². The second-order valence-corrected chi connectivity index (χ2v) is 2.87. The molecule has 0 saturated carbocycles. The van der Waals surface area contributed by atoms with E-state index >= 15 is 0 Å². The SMILES string of the molecule is C=CC1=CCCC(C)C1. The molecule has 0 bridgehead atoms. The van der Waals surface area contributed by atoms with Gasteiger partial charge in [-0.25, -0.2) is 0 Å². The highest BCUT2D eigenvalue weighted by atomic mass is 14.1. The molecule has 0 heterocycles. The van der Waals surface area contributed by atoms with Gasteiger partial charge in [-0.1, -0.05) is 31.2 Å². The molecular weight excluding hydrogens is 108 g/mol. The van der Waals surface area contributed by atoms with E-state index in [2.05, 4.69) is 19.6 Å². The highest BCUT2D eigenvalue weighted by Gasteiger charge is 2.07. The minimum atomic E-state index is 0.878. The first-order valence-corrected chi connectivity index (χ1v) is 3.64. The molecule has 0 saturated heterocycles. The van der Waals surface area contributed by atoms with Gasteiger partial charge >= 0.3 is 0 Å². The molecule has 1 aliphatic rings. The molecule has 0 aromatic rings. The average molecular weight is 122 g/mol. The maximum Gasteiger partial charge on any atom is -0.0256 e. The van der Waals surface area contributed by atoms with E-state index in [1.807, 2.05) is 6.08 Å². The van der Waals surface area contributed by atoms with Gasteiger partial charge in [0.15, 0.2) is 0 Å². The van der Waals surface area contributed by atoms with Gasteiger partial charge in [0.2, 0.25) is 0 Å². The van der Waals surface area contributed by atoms with E-state index in [0.717, 1.165) is 5.92 Å². The lowest BCUT2D eigenvalue weighted by atomic mass is 9.90. The van der Waals surface area contributed by atoms with E-state index in [0.29, 0.717) is 0 Å². The average Bonchev–Trinajstić information content (AvgIpc) is 1.88. The molecule has 0 radical (unpaired) electrons. The first-order valence-electron chi connectivity index (χ1n) is 3.64. The van der Waals surface area contributed by atoms with E-state index in [-0.39, 0.29) is 0 Å². The van der Waals surface area contributed by atoms with Gasteiger partial charge in [0.05, 0.1) is 0 Å². The van der Waals surface area contributed by atoms with Crippen LogP contribution >= 0.6 is 0 Å². The van der Waals surface area contributed by atoms with Gasteiger partial charge in [-0.3, -0.25) is 0 Å². The Morgan fingerprint density at radius 2 is 2.56 bits per heavy atom. The van der Waals surface area contributed by atoms with E-state index in [1.165, 1.54) is 24.8 Å². The molecule has 0 heteroatoms. The Labute approximate surface area is 57.3 Å². The van der Waals surface area contributed by atoms with Crippen LogP contribution in [0.1, 0.15) is 26.2 Å². The Bertz CT molecular complexity index is 131. The molecule has 50 valence electrons. The Morgan fingerprint density at radius 1 is 1.78 bits per heavy atom. The highest BCUT2D eigenvalue weighted by molar-refractivity contribution is 5.18. The van der Waals surface area contributed by atoms with Crippen molar-refractivity contribution in [2.24, 2.45) is 5.92 Å². The smallest absolute Gasteiger partial charge is 0.0256 e. The van der Waals surface area contributed by atoms with Crippen LogP contribution in [-0.2, 0) is 0 Å². The van der Waals surface area contributed by atoms with E-state index in [9.17, 15) is 0 Å². The van der Waals surface area contributed by atoms with Crippen molar-refractivity contribution in [3.63, 3.8) is 0 Å². The normalized spacial score (nSPS) is 27.2. The third kappa shape index (κ3) is 1.70. The molecule has 1 unspecified atom stereocenters. The zero-order valence-corrected chi connectivity index (χ0v) is 6.06. The van der Waals surface area contributed by atoms with Crippen LogP contribution in [0.5, 0.6) is 0 Å². The van der Waals surface area contributed by atoms with E-state index < -0.39 is 0 Å². The molecule has 0 nitrogen and oxygen atoms in total. The van der Waals surface area contributed by atoms with Crippen molar-refractivity contribution in [1.29, 1.82) is 0 Å². The van der Waals surface area contributed by atoms with Crippen molar-refractivity contribution in [1.82, 2.24) is 0 Å². The molecule has 0 spiro atoms. The molecular formula is C9H14. The lowest BCUT2D eigenvalue weighted by Crippen LogP contribution is -2.00. The van der Waals surface area contributed by atoms with E-state index in [1.54, 1.807) is 0 Å². The van der Waals surface area contributed by atoms with Gasteiger partial charge in [-0.05, 0) is 25.2 Å². The predicted octanol–water partition coefficient (Wildman–Crippen LogP) is 2.92. The van der Waals surface area contributed by atoms with Crippen LogP contribution in [0.3, 0.4) is 0 Å². The van der Waals surface area contributed by atoms with Crippen LogP contribution in [0.15, 0.2) is 24.3 Å². The molecule has 0 aromatic carbocycles.